The molecular weight excluding hydrogens is 311 g/mol. The Labute approximate surface area is 131 Å². The van der Waals surface area contributed by atoms with E-state index in [-0.39, 0.29) is 19.6 Å². The van der Waals surface area contributed by atoms with Crippen molar-refractivity contribution in [1.29, 1.82) is 0 Å². The Morgan fingerprint density at radius 1 is 1.05 bits per heavy atom. The predicted octanol–water partition coefficient (Wildman–Crippen LogP) is 3.22. The van der Waals surface area contributed by atoms with E-state index < -0.39 is 36.7 Å². The summed E-state index contributed by atoms with van der Waals surface area (Å²) < 4.78 is 28.5. The van der Waals surface area contributed by atoms with Crippen LogP contribution in [0.1, 0.15) is 54.4 Å². The molecule has 0 aromatic rings. The number of hydrogen-bond acceptors (Lipinski definition) is 6. The van der Waals surface area contributed by atoms with Gasteiger partial charge in [-0.05, 0) is 41.0 Å². The summed E-state index contributed by atoms with van der Waals surface area (Å²) in [6.07, 6.45) is -0.660. The van der Waals surface area contributed by atoms with E-state index in [1.807, 2.05) is 0 Å². The van der Waals surface area contributed by atoms with E-state index in [0.717, 1.165) is 0 Å². The van der Waals surface area contributed by atoms with Crippen LogP contribution in [0, 0.1) is 0 Å². The van der Waals surface area contributed by atoms with Crippen molar-refractivity contribution in [3.05, 3.63) is 0 Å². The molecular formula is C14H27O7P. The highest BCUT2D eigenvalue weighted by Gasteiger charge is 2.57. The van der Waals surface area contributed by atoms with E-state index in [0.29, 0.717) is 0 Å². The molecule has 0 rings (SSSR count). The lowest BCUT2D eigenvalue weighted by molar-refractivity contribution is -0.159. The van der Waals surface area contributed by atoms with Gasteiger partial charge in [-0.1, -0.05) is 6.92 Å². The van der Waals surface area contributed by atoms with Gasteiger partial charge in [-0.25, -0.2) is 0 Å². The summed E-state index contributed by atoms with van der Waals surface area (Å²) >= 11 is 0. The lowest BCUT2D eigenvalue weighted by Crippen LogP contribution is -2.43. The SMILES string of the molecule is CCOP(=O)(OCC)C(CC)(CC(=O)OC(C)(C)C)C(=O)O. The highest BCUT2D eigenvalue weighted by atomic mass is 31.2. The zero-order chi connectivity index (χ0) is 17.6. The number of aliphatic carboxylic acids is 1. The van der Waals surface area contributed by atoms with Crippen LogP contribution in [0.25, 0.3) is 0 Å². The summed E-state index contributed by atoms with van der Waals surface area (Å²) in [7, 11) is -4.04. The first kappa shape index (κ1) is 21.1. The van der Waals surface area contributed by atoms with Gasteiger partial charge in [-0.15, -0.1) is 0 Å². The van der Waals surface area contributed by atoms with Crippen LogP contribution in [0.5, 0.6) is 0 Å². The summed E-state index contributed by atoms with van der Waals surface area (Å²) in [5, 5.41) is 7.66. The van der Waals surface area contributed by atoms with Crippen LogP contribution in [0.15, 0.2) is 0 Å². The summed E-state index contributed by atoms with van der Waals surface area (Å²) in [5.74, 6) is -2.15. The first-order valence-corrected chi connectivity index (χ1v) is 8.86. The molecule has 7 nitrogen and oxygen atoms in total. The molecule has 0 aliphatic carbocycles. The van der Waals surface area contributed by atoms with Crippen LogP contribution in [-0.4, -0.2) is 41.0 Å². The van der Waals surface area contributed by atoms with Crippen molar-refractivity contribution < 1.29 is 33.0 Å². The summed E-state index contributed by atoms with van der Waals surface area (Å²) in [6, 6.07) is 0. The fraction of sp³-hybridized carbons (Fsp3) is 0.857. The van der Waals surface area contributed by atoms with Crippen molar-refractivity contribution in [2.45, 2.75) is 65.1 Å². The molecule has 0 aliphatic heterocycles. The van der Waals surface area contributed by atoms with Gasteiger partial charge in [0.25, 0.3) is 0 Å². The molecule has 0 bridgehead atoms. The van der Waals surface area contributed by atoms with Gasteiger partial charge in [0.1, 0.15) is 5.60 Å². The van der Waals surface area contributed by atoms with Crippen molar-refractivity contribution in [3.8, 4) is 0 Å². The number of ether oxygens (including phenoxy) is 1. The quantitative estimate of drug-likeness (QED) is 0.509. The molecule has 22 heavy (non-hydrogen) atoms. The van der Waals surface area contributed by atoms with Crippen molar-refractivity contribution in [2.24, 2.45) is 0 Å². The Hall–Kier alpha value is -0.910. The highest BCUT2D eigenvalue weighted by molar-refractivity contribution is 7.56. The molecule has 1 N–H and O–H groups in total. The topological polar surface area (TPSA) is 99.1 Å². The van der Waals surface area contributed by atoms with Crippen LogP contribution in [0.3, 0.4) is 0 Å². The van der Waals surface area contributed by atoms with E-state index in [1.54, 1.807) is 34.6 Å². The average molecular weight is 338 g/mol. The predicted molar refractivity (Wildman–Crippen MR) is 82.0 cm³/mol. The van der Waals surface area contributed by atoms with Gasteiger partial charge in [0.15, 0.2) is 5.16 Å². The smallest absolute Gasteiger partial charge is 0.348 e. The molecule has 8 heteroatoms. The van der Waals surface area contributed by atoms with Crippen LogP contribution >= 0.6 is 7.60 Å². The second-order valence-electron chi connectivity index (χ2n) is 5.79. The monoisotopic (exact) mass is 338 g/mol. The molecule has 1 atom stereocenters. The molecule has 1 unspecified atom stereocenters. The molecule has 0 amide bonds. The van der Waals surface area contributed by atoms with Gasteiger partial charge in [-0.3, -0.25) is 14.2 Å². The zero-order valence-electron chi connectivity index (χ0n) is 14.2. The summed E-state index contributed by atoms with van der Waals surface area (Å²) in [5.41, 5.74) is -0.768. The standard InChI is InChI=1S/C14H27O7P/c1-7-14(12(16)17,10-11(15)21-13(4,5)6)22(18,19-8-2)20-9-3/h7-10H2,1-6H3,(H,16,17). The van der Waals surface area contributed by atoms with Crippen LogP contribution < -0.4 is 0 Å². The third kappa shape index (κ3) is 5.07. The normalized spacial score (nSPS) is 15.2. The largest absolute Gasteiger partial charge is 0.480 e. The van der Waals surface area contributed by atoms with E-state index >= 15 is 0 Å². The molecule has 0 aliphatic rings. The van der Waals surface area contributed by atoms with Gasteiger partial charge in [0.2, 0.25) is 0 Å². The molecule has 0 saturated heterocycles. The van der Waals surface area contributed by atoms with Crippen molar-refractivity contribution >= 4 is 19.5 Å². The van der Waals surface area contributed by atoms with Crippen LogP contribution in [0.2, 0.25) is 0 Å². The number of carbonyl (C=O) groups is 2. The maximum Gasteiger partial charge on any atom is 0.348 e. The second kappa shape index (κ2) is 8.09. The van der Waals surface area contributed by atoms with E-state index in [2.05, 4.69) is 0 Å². The second-order valence-corrected chi connectivity index (χ2v) is 8.15. The lowest BCUT2D eigenvalue weighted by atomic mass is 10.0. The van der Waals surface area contributed by atoms with Gasteiger partial charge in [0.05, 0.1) is 19.6 Å². The fourth-order valence-corrected chi connectivity index (χ4v) is 4.19. The number of carboxylic acids is 1. The van der Waals surface area contributed by atoms with Crippen molar-refractivity contribution in [2.75, 3.05) is 13.2 Å². The minimum Gasteiger partial charge on any atom is -0.480 e. The summed E-state index contributed by atoms with van der Waals surface area (Å²) in [6.45, 7) is 9.74. The Bertz CT molecular complexity index is 431. The number of carboxylic acid groups (broad SMARTS) is 1. The van der Waals surface area contributed by atoms with Gasteiger partial charge < -0.3 is 18.9 Å². The van der Waals surface area contributed by atoms with Crippen LogP contribution in [0.4, 0.5) is 0 Å². The van der Waals surface area contributed by atoms with E-state index in [9.17, 15) is 19.3 Å². The Kier molecular flexibility index (Phi) is 7.75. The van der Waals surface area contributed by atoms with Crippen molar-refractivity contribution in [1.82, 2.24) is 0 Å². The molecule has 0 aromatic heterocycles. The number of carbonyl (C=O) groups excluding carboxylic acids is 1. The third-order valence-electron chi connectivity index (χ3n) is 2.96. The molecule has 0 fully saturated rings. The molecule has 0 aromatic carbocycles. The van der Waals surface area contributed by atoms with Crippen molar-refractivity contribution in [3.63, 3.8) is 0 Å². The highest BCUT2D eigenvalue weighted by Crippen LogP contribution is 2.63. The van der Waals surface area contributed by atoms with E-state index in [1.165, 1.54) is 6.92 Å². The molecule has 0 saturated carbocycles. The molecule has 0 heterocycles. The molecule has 0 radical (unpaired) electrons. The Morgan fingerprint density at radius 2 is 1.50 bits per heavy atom. The zero-order valence-corrected chi connectivity index (χ0v) is 15.1. The number of hydrogen-bond donors (Lipinski definition) is 1. The Balaban J connectivity index is 5.70. The first-order chi connectivity index (χ1) is 9.98. The Morgan fingerprint density at radius 3 is 1.77 bits per heavy atom. The lowest BCUT2D eigenvalue weighted by Gasteiger charge is -2.34. The molecule has 0 spiro atoms. The van der Waals surface area contributed by atoms with Gasteiger partial charge in [-0.2, -0.15) is 0 Å². The third-order valence-corrected chi connectivity index (χ3v) is 5.87. The van der Waals surface area contributed by atoms with Gasteiger partial charge in [0, 0.05) is 0 Å². The van der Waals surface area contributed by atoms with Crippen LogP contribution in [-0.2, 0) is 27.9 Å². The fourth-order valence-electron chi connectivity index (χ4n) is 2.00. The van der Waals surface area contributed by atoms with Gasteiger partial charge >= 0.3 is 19.5 Å². The molecule has 130 valence electrons. The number of esters is 1. The summed E-state index contributed by atoms with van der Waals surface area (Å²) in [4.78, 5) is 23.9. The minimum atomic E-state index is -4.04. The average Bonchev–Trinajstić information content (AvgIpc) is 2.33. The van der Waals surface area contributed by atoms with E-state index in [4.69, 9.17) is 13.8 Å². The number of rotatable bonds is 9. The first-order valence-electron chi connectivity index (χ1n) is 7.32. The maximum atomic E-state index is 13.0. The maximum absolute atomic E-state index is 13.0. The minimum absolute atomic E-state index is 0.0145.